The van der Waals surface area contributed by atoms with Crippen LogP contribution in [-0.2, 0) is 19.4 Å². The predicted octanol–water partition coefficient (Wildman–Crippen LogP) is 6.08. The Bertz CT molecular complexity index is 1250. The lowest BCUT2D eigenvalue weighted by Gasteiger charge is -2.34. The quantitative estimate of drug-likeness (QED) is 0.463. The molecule has 0 radical (unpaired) electrons. The molecule has 2 N–H and O–H groups in total. The number of carbonyl (C=O) groups is 2. The van der Waals surface area contributed by atoms with Gasteiger partial charge in [-0.15, -0.1) is 0 Å². The number of nitrogens with one attached hydrogen (secondary N) is 2. The highest BCUT2D eigenvalue weighted by molar-refractivity contribution is 6.04. The van der Waals surface area contributed by atoms with Crippen molar-refractivity contribution >= 4 is 29.0 Å². The molecule has 0 bridgehead atoms. The van der Waals surface area contributed by atoms with Crippen molar-refractivity contribution in [2.45, 2.75) is 45.6 Å². The summed E-state index contributed by atoms with van der Waals surface area (Å²) in [5, 5.41) is 5.90. The Kier molecular flexibility index (Phi) is 7.21. The first kappa shape index (κ1) is 23.9. The van der Waals surface area contributed by atoms with E-state index in [9.17, 15) is 9.59 Å². The molecule has 1 fully saturated rings. The van der Waals surface area contributed by atoms with Crippen LogP contribution in [0.2, 0.25) is 0 Å². The zero-order chi connectivity index (χ0) is 24.9. The van der Waals surface area contributed by atoms with Crippen LogP contribution >= 0.6 is 0 Å². The smallest absolute Gasteiger partial charge is 0.323 e. The Hall–Kier alpha value is -3.80. The van der Waals surface area contributed by atoms with E-state index in [4.69, 9.17) is 0 Å². The van der Waals surface area contributed by atoms with Crippen molar-refractivity contribution in [1.82, 2.24) is 4.90 Å². The summed E-state index contributed by atoms with van der Waals surface area (Å²) in [7, 11) is 0. The average molecular weight is 483 g/mol. The maximum Gasteiger partial charge on any atom is 0.323 e. The van der Waals surface area contributed by atoms with Crippen molar-refractivity contribution in [1.29, 1.82) is 0 Å². The molecule has 186 valence electrons. The normalized spacial score (nSPS) is 15.2. The summed E-state index contributed by atoms with van der Waals surface area (Å²) in [5.74, 6) is 0.0453. The van der Waals surface area contributed by atoms with Gasteiger partial charge in [0.2, 0.25) is 0 Å². The minimum absolute atomic E-state index is 0.0453. The number of benzene rings is 3. The fraction of sp³-hybridized carbons (Fsp3) is 0.333. The van der Waals surface area contributed by atoms with Crippen molar-refractivity contribution in [2.24, 2.45) is 0 Å². The van der Waals surface area contributed by atoms with Crippen molar-refractivity contribution < 1.29 is 9.59 Å². The highest BCUT2D eigenvalue weighted by Gasteiger charge is 2.25. The Labute approximate surface area is 213 Å². The van der Waals surface area contributed by atoms with Crippen LogP contribution in [0.15, 0.2) is 66.7 Å². The molecule has 1 saturated heterocycles. The van der Waals surface area contributed by atoms with E-state index in [1.807, 2.05) is 47.4 Å². The number of piperidine rings is 1. The highest BCUT2D eigenvalue weighted by atomic mass is 16.2. The number of fused-ring (bicyclic) bond motifs is 1. The molecule has 6 nitrogen and oxygen atoms in total. The van der Waals surface area contributed by atoms with Crippen LogP contribution in [-0.4, -0.2) is 36.5 Å². The molecule has 6 heteroatoms. The Morgan fingerprint density at radius 2 is 1.58 bits per heavy atom. The molecule has 0 unspecified atom stereocenters. The van der Waals surface area contributed by atoms with Crippen molar-refractivity contribution in [3.05, 3.63) is 89.0 Å². The first-order valence-corrected chi connectivity index (χ1v) is 13.0. The highest BCUT2D eigenvalue weighted by Crippen LogP contribution is 2.31. The number of anilines is 3. The lowest BCUT2D eigenvalue weighted by Crippen LogP contribution is -2.38. The Morgan fingerprint density at radius 3 is 2.39 bits per heavy atom. The second kappa shape index (κ2) is 10.9. The van der Waals surface area contributed by atoms with Gasteiger partial charge in [-0.05, 0) is 73.1 Å². The maximum atomic E-state index is 13.7. The van der Waals surface area contributed by atoms with Crippen LogP contribution in [0.1, 0.15) is 53.2 Å². The van der Waals surface area contributed by atoms with Crippen molar-refractivity contribution in [2.75, 3.05) is 35.2 Å². The third-order valence-corrected chi connectivity index (χ3v) is 7.25. The van der Waals surface area contributed by atoms with Gasteiger partial charge in [0.05, 0.1) is 5.56 Å². The van der Waals surface area contributed by atoms with Gasteiger partial charge in [0.1, 0.15) is 0 Å². The lowest BCUT2D eigenvalue weighted by molar-refractivity contribution is 0.0725. The second-order valence-corrected chi connectivity index (χ2v) is 9.61. The van der Waals surface area contributed by atoms with Gasteiger partial charge in [-0.25, -0.2) is 4.79 Å². The first-order chi connectivity index (χ1) is 17.6. The van der Waals surface area contributed by atoms with Gasteiger partial charge in [0.25, 0.3) is 5.91 Å². The molecule has 2 heterocycles. The van der Waals surface area contributed by atoms with Crippen LogP contribution in [0.25, 0.3) is 0 Å². The van der Waals surface area contributed by atoms with E-state index in [0.29, 0.717) is 11.3 Å². The summed E-state index contributed by atoms with van der Waals surface area (Å²) >= 11 is 0. The van der Waals surface area contributed by atoms with E-state index in [1.165, 1.54) is 17.5 Å². The number of aryl methyl sites for hydroxylation is 1. The van der Waals surface area contributed by atoms with Crippen molar-refractivity contribution in [3.63, 3.8) is 0 Å². The summed E-state index contributed by atoms with van der Waals surface area (Å²) < 4.78 is 0. The third-order valence-electron chi connectivity index (χ3n) is 7.25. The fourth-order valence-electron chi connectivity index (χ4n) is 5.26. The number of para-hydroxylation sites is 1. The van der Waals surface area contributed by atoms with Crippen LogP contribution in [0.5, 0.6) is 0 Å². The standard InChI is InChI=1S/C30H34N4O2/c1-2-22-10-6-7-13-27(22)32-30(36)31-25-14-15-28(26(20-25)29(35)33-17-8-3-9-18-33)34-19-16-23-11-4-5-12-24(23)21-34/h4-7,10-15,20H,2-3,8-9,16-19,21H2,1H3,(H2,31,32,36). The van der Waals surface area contributed by atoms with Gasteiger partial charge in [-0.2, -0.15) is 0 Å². The van der Waals surface area contributed by atoms with E-state index in [0.717, 1.165) is 68.8 Å². The molecule has 5 rings (SSSR count). The number of amides is 3. The average Bonchev–Trinajstić information content (AvgIpc) is 2.93. The predicted molar refractivity (Wildman–Crippen MR) is 146 cm³/mol. The van der Waals surface area contributed by atoms with Crippen LogP contribution in [0.4, 0.5) is 21.9 Å². The molecule has 36 heavy (non-hydrogen) atoms. The summed E-state index contributed by atoms with van der Waals surface area (Å²) in [6, 6.07) is 21.7. The van der Waals surface area contributed by atoms with E-state index < -0.39 is 0 Å². The number of rotatable bonds is 5. The molecule has 3 aromatic rings. The zero-order valence-electron chi connectivity index (χ0n) is 20.9. The van der Waals surface area contributed by atoms with Crippen LogP contribution in [0, 0.1) is 0 Å². The first-order valence-electron chi connectivity index (χ1n) is 13.0. The number of carbonyl (C=O) groups excluding carboxylic acids is 2. The molecule has 2 aliphatic rings. The van der Waals surface area contributed by atoms with Gasteiger partial charge in [0.15, 0.2) is 0 Å². The minimum atomic E-state index is -0.313. The van der Waals surface area contributed by atoms with Crippen molar-refractivity contribution in [3.8, 4) is 0 Å². The van der Waals surface area contributed by atoms with Gasteiger partial charge in [0, 0.05) is 43.2 Å². The summed E-state index contributed by atoms with van der Waals surface area (Å²) in [6.07, 6.45) is 5.02. The molecule has 3 aromatic carbocycles. The number of nitrogens with zero attached hydrogens (tertiary/aromatic N) is 2. The van der Waals surface area contributed by atoms with Gasteiger partial charge in [-0.1, -0.05) is 49.4 Å². The Morgan fingerprint density at radius 1 is 0.833 bits per heavy atom. The monoisotopic (exact) mass is 482 g/mol. The minimum Gasteiger partial charge on any atom is -0.366 e. The molecular weight excluding hydrogens is 448 g/mol. The van der Waals surface area contributed by atoms with E-state index in [2.05, 4.69) is 46.7 Å². The number of urea groups is 1. The number of hydrogen-bond donors (Lipinski definition) is 2. The molecule has 3 amide bonds. The lowest BCUT2D eigenvalue weighted by atomic mass is 9.98. The number of hydrogen-bond acceptors (Lipinski definition) is 3. The number of likely N-dealkylation sites (tertiary alicyclic amines) is 1. The molecule has 0 atom stereocenters. The van der Waals surface area contributed by atoms with E-state index in [1.54, 1.807) is 0 Å². The van der Waals surface area contributed by atoms with Gasteiger partial charge >= 0.3 is 6.03 Å². The van der Waals surface area contributed by atoms with Gasteiger partial charge < -0.3 is 20.4 Å². The summed E-state index contributed by atoms with van der Waals surface area (Å²) in [4.78, 5) is 30.8. The molecule has 0 aromatic heterocycles. The topological polar surface area (TPSA) is 64.7 Å². The van der Waals surface area contributed by atoms with E-state index >= 15 is 0 Å². The molecular formula is C30H34N4O2. The van der Waals surface area contributed by atoms with E-state index in [-0.39, 0.29) is 11.9 Å². The third kappa shape index (κ3) is 5.23. The summed E-state index contributed by atoms with van der Waals surface area (Å²) in [6.45, 7) is 5.27. The second-order valence-electron chi connectivity index (χ2n) is 9.61. The maximum absolute atomic E-state index is 13.7. The fourth-order valence-corrected chi connectivity index (χ4v) is 5.26. The molecule has 0 spiro atoms. The zero-order valence-corrected chi connectivity index (χ0v) is 20.9. The van der Waals surface area contributed by atoms with Crippen LogP contribution in [0.3, 0.4) is 0 Å². The molecule has 0 aliphatic carbocycles. The molecule has 2 aliphatic heterocycles. The summed E-state index contributed by atoms with van der Waals surface area (Å²) in [5.41, 5.74) is 6.75. The van der Waals surface area contributed by atoms with Crippen LogP contribution < -0.4 is 15.5 Å². The molecule has 0 saturated carbocycles. The van der Waals surface area contributed by atoms with Gasteiger partial charge in [-0.3, -0.25) is 4.79 Å². The largest absolute Gasteiger partial charge is 0.366 e. The SMILES string of the molecule is CCc1ccccc1NC(=O)Nc1ccc(N2CCc3ccccc3C2)c(C(=O)N2CCCCC2)c1. The Balaban J connectivity index is 1.41.